The maximum absolute atomic E-state index is 11.8. The number of hydrogen-bond acceptors (Lipinski definition) is 3. The lowest BCUT2D eigenvalue weighted by Crippen LogP contribution is -2.27. The van der Waals surface area contributed by atoms with Gasteiger partial charge in [-0.2, -0.15) is 0 Å². The zero-order chi connectivity index (χ0) is 15.8. The number of aromatic nitrogens is 1. The van der Waals surface area contributed by atoms with Crippen molar-refractivity contribution in [2.45, 2.75) is 25.8 Å². The van der Waals surface area contributed by atoms with E-state index in [1.807, 2.05) is 26.1 Å². The molecule has 1 atom stereocenters. The average Bonchev–Trinajstić information content (AvgIpc) is 2.56. The molecule has 4 heteroatoms. The monoisotopic (exact) mass is 297 g/mol. The third-order valence-electron chi connectivity index (χ3n) is 3.63. The molecule has 0 bridgehead atoms. The normalized spacial score (nSPS) is 11.9. The third-order valence-corrected chi connectivity index (χ3v) is 3.63. The first-order valence-electron chi connectivity index (χ1n) is 7.65. The lowest BCUT2D eigenvalue weighted by molar-refractivity contribution is -0.121. The molecule has 1 heterocycles. The molecule has 1 amide bonds. The first-order valence-corrected chi connectivity index (χ1v) is 7.65. The van der Waals surface area contributed by atoms with Crippen molar-refractivity contribution in [3.8, 4) is 11.1 Å². The SMILES string of the molecule is CNCCCC(=O)NC(C)c1ccc(-c2ccncc2)cc1. The van der Waals surface area contributed by atoms with Gasteiger partial charge in [0.1, 0.15) is 0 Å². The summed E-state index contributed by atoms with van der Waals surface area (Å²) in [5, 5.41) is 6.08. The number of rotatable bonds is 7. The van der Waals surface area contributed by atoms with Crippen LogP contribution in [0.15, 0.2) is 48.8 Å². The van der Waals surface area contributed by atoms with Gasteiger partial charge in [0.05, 0.1) is 6.04 Å². The molecule has 0 saturated carbocycles. The Morgan fingerprint density at radius 3 is 2.36 bits per heavy atom. The van der Waals surface area contributed by atoms with Gasteiger partial charge >= 0.3 is 0 Å². The van der Waals surface area contributed by atoms with Crippen LogP contribution >= 0.6 is 0 Å². The quantitative estimate of drug-likeness (QED) is 0.773. The van der Waals surface area contributed by atoms with Crippen molar-refractivity contribution >= 4 is 5.91 Å². The molecule has 0 radical (unpaired) electrons. The molecule has 1 aromatic heterocycles. The van der Waals surface area contributed by atoms with Crippen LogP contribution in [0, 0.1) is 0 Å². The summed E-state index contributed by atoms with van der Waals surface area (Å²) >= 11 is 0. The summed E-state index contributed by atoms with van der Waals surface area (Å²) in [6, 6.07) is 12.3. The predicted molar refractivity (Wildman–Crippen MR) is 89.4 cm³/mol. The maximum Gasteiger partial charge on any atom is 0.220 e. The van der Waals surface area contributed by atoms with Gasteiger partial charge in [-0.1, -0.05) is 24.3 Å². The van der Waals surface area contributed by atoms with Crippen molar-refractivity contribution in [2.75, 3.05) is 13.6 Å². The van der Waals surface area contributed by atoms with Crippen LogP contribution < -0.4 is 10.6 Å². The van der Waals surface area contributed by atoms with Crippen LogP contribution in [-0.2, 0) is 4.79 Å². The fraction of sp³-hybridized carbons (Fsp3) is 0.333. The van der Waals surface area contributed by atoms with Crippen molar-refractivity contribution in [3.63, 3.8) is 0 Å². The second kappa shape index (κ2) is 8.29. The summed E-state index contributed by atoms with van der Waals surface area (Å²) in [7, 11) is 1.89. The molecule has 4 nitrogen and oxygen atoms in total. The number of carbonyl (C=O) groups is 1. The zero-order valence-corrected chi connectivity index (χ0v) is 13.2. The van der Waals surface area contributed by atoms with E-state index in [0.29, 0.717) is 6.42 Å². The Labute approximate surface area is 132 Å². The van der Waals surface area contributed by atoms with E-state index in [1.165, 1.54) is 0 Å². The molecular weight excluding hydrogens is 274 g/mol. The number of carbonyl (C=O) groups excluding carboxylic acids is 1. The molecule has 1 aromatic carbocycles. The molecule has 0 saturated heterocycles. The minimum atomic E-state index is 0.0218. The van der Waals surface area contributed by atoms with Crippen LogP contribution in [0.3, 0.4) is 0 Å². The molecule has 0 aliphatic carbocycles. The van der Waals surface area contributed by atoms with E-state index < -0.39 is 0 Å². The topological polar surface area (TPSA) is 54.0 Å². The molecule has 0 fully saturated rings. The molecule has 0 aliphatic rings. The molecule has 2 aromatic rings. The van der Waals surface area contributed by atoms with Gasteiger partial charge in [-0.25, -0.2) is 0 Å². The predicted octanol–water partition coefficient (Wildman–Crippen LogP) is 2.93. The molecular formula is C18H23N3O. The summed E-state index contributed by atoms with van der Waals surface area (Å²) in [5.41, 5.74) is 3.41. The molecule has 2 N–H and O–H groups in total. The first kappa shape index (κ1) is 16.2. The summed E-state index contributed by atoms with van der Waals surface area (Å²) < 4.78 is 0. The number of benzene rings is 1. The molecule has 2 rings (SSSR count). The van der Waals surface area contributed by atoms with Gasteiger partial charge in [0.15, 0.2) is 0 Å². The fourth-order valence-electron chi connectivity index (χ4n) is 2.33. The number of hydrogen-bond donors (Lipinski definition) is 2. The second-order valence-corrected chi connectivity index (χ2v) is 5.35. The number of nitrogens with one attached hydrogen (secondary N) is 2. The highest BCUT2D eigenvalue weighted by atomic mass is 16.1. The van der Waals surface area contributed by atoms with E-state index in [0.717, 1.165) is 29.7 Å². The Bertz CT molecular complexity index is 581. The third kappa shape index (κ3) is 4.67. The van der Waals surface area contributed by atoms with Gasteiger partial charge in [-0.3, -0.25) is 9.78 Å². The van der Waals surface area contributed by atoms with Crippen LogP contribution in [0.25, 0.3) is 11.1 Å². The standard InChI is InChI=1S/C18H23N3O/c1-14(21-18(22)4-3-11-19-2)15-5-7-16(8-6-15)17-9-12-20-13-10-17/h5-10,12-14,19H,3-4,11H2,1-2H3,(H,21,22). The van der Waals surface area contributed by atoms with E-state index in [9.17, 15) is 4.79 Å². The lowest BCUT2D eigenvalue weighted by atomic mass is 10.0. The second-order valence-electron chi connectivity index (χ2n) is 5.35. The van der Waals surface area contributed by atoms with E-state index in [1.54, 1.807) is 12.4 Å². The number of nitrogens with zero attached hydrogens (tertiary/aromatic N) is 1. The Kier molecular flexibility index (Phi) is 6.10. The Morgan fingerprint density at radius 2 is 1.73 bits per heavy atom. The average molecular weight is 297 g/mol. The van der Waals surface area contributed by atoms with Crippen LogP contribution in [0.1, 0.15) is 31.4 Å². The lowest BCUT2D eigenvalue weighted by Gasteiger charge is -2.15. The number of amides is 1. The Balaban J connectivity index is 1.94. The first-order chi connectivity index (χ1) is 10.7. The highest BCUT2D eigenvalue weighted by molar-refractivity contribution is 5.76. The van der Waals surface area contributed by atoms with Gasteiger partial charge in [-0.05, 0) is 55.8 Å². The van der Waals surface area contributed by atoms with E-state index in [2.05, 4.69) is 39.9 Å². The minimum Gasteiger partial charge on any atom is -0.350 e. The highest BCUT2D eigenvalue weighted by Gasteiger charge is 2.09. The maximum atomic E-state index is 11.8. The van der Waals surface area contributed by atoms with Crippen molar-refractivity contribution in [2.24, 2.45) is 0 Å². The largest absolute Gasteiger partial charge is 0.350 e. The van der Waals surface area contributed by atoms with Gasteiger partial charge in [0.2, 0.25) is 5.91 Å². The fourth-order valence-corrected chi connectivity index (χ4v) is 2.33. The minimum absolute atomic E-state index is 0.0218. The van der Waals surface area contributed by atoms with Gasteiger partial charge in [-0.15, -0.1) is 0 Å². The highest BCUT2D eigenvalue weighted by Crippen LogP contribution is 2.21. The van der Waals surface area contributed by atoms with E-state index in [4.69, 9.17) is 0 Å². The van der Waals surface area contributed by atoms with Crippen molar-refractivity contribution < 1.29 is 4.79 Å². The van der Waals surface area contributed by atoms with Gasteiger partial charge < -0.3 is 10.6 Å². The van der Waals surface area contributed by atoms with Crippen LogP contribution in [-0.4, -0.2) is 24.5 Å². The van der Waals surface area contributed by atoms with Crippen molar-refractivity contribution in [1.29, 1.82) is 0 Å². The summed E-state index contributed by atoms with van der Waals surface area (Å²) in [4.78, 5) is 15.9. The molecule has 1 unspecified atom stereocenters. The summed E-state index contributed by atoms with van der Waals surface area (Å²) in [5.74, 6) is 0.0981. The van der Waals surface area contributed by atoms with Crippen LogP contribution in [0.2, 0.25) is 0 Å². The summed E-state index contributed by atoms with van der Waals surface area (Å²) in [6.07, 6.45) is 4.99. The van der Waals surface area contributed by atoms with E-state index >= 15 is 0 Å². The van der Waals surface area contributed by atoms with Crippen LogP contribution in [0.5, 0.6) is 0 Å². The molecule has 0 aliphatic heterocycles. The molecule has 0 spiro atoms. The van der Waals surface area contributed by atoms with Crippen molar-refractivity contribution in [1.82, 2.24) is 15.6 Å². The Hall–Kier alpha value is -2.20. The zero-order valence-electron chi connectivity index (χ0n) is 13.2. The molecule has 116 valence electrons. The Morgan fingerprint density at radius 1 is 1.09 bits per heavy atom. The van der Waals surface area contributed by atoms with Crippen LogP contribution in [0.4, 0.5) is 0 Å². The van der Waals surface area contributed by atoms with Crippen molar-refractivity contribution in [3.05, 3.63) is 54.4 Å². The molecule has 22 heavy (non-hydrogen) atoms. The van der Waals surface area contributed by atoms with E-state index in [-0.39, 0.29) is 11.9 Å². The smallest absolute Gasteiger partial charge is 0.220 e. The van der Waals surface area contributed by atoms with Gasteiger partial charge in [0.25, 0.3) is 0 Å². The van der Waals surface area contributed by atoms with Gasteiger partial charge in [0, 0.05) is 18.8 Å². The summed E-state index contributed by atoms with van der Waals surface area (Å²) in [6.45, 7) is 2.87. The number of pyridine rings is 1.